The number of halogens is 1. The highest BCUT2D eigenvalue weighted by molar-refractivity contribution is 6.30. The molecule has 0 radical (unpaired) electrons. The van der Waals surface area contributed by atoms with Crippen LogP contribution in [0.1, 0.15) is 38.9 Å². The van der Waals surface area contributed by atoms with E-state index >= 15 is 0 Å². The predicted molar refractivity (Wildman–Crippen MR) is 114 cm³/mol. The second-order valence-electron chi connectivity index (χ2n) is 7.29. The number of hydrogen-bond donors (Lipinski definition) is 0. The van der Waals surface area contributed by atoms with Crippen LogP contribution in [0.4, 0.5) is 5.95 Å². The molecule has 3 heterocycles. The molecule has 7 heteroatoms. The maximum Gasteiger partial charge on any atom is 0.297 e. The van der Waals surface area contributed by atoms with Gasteiger partial charge in [0.1, 0.15) is 5.58 Å². The number of amides is 1. The fraction of sp³-hybridized carbons (Fsp3) is 0.130. The maximum atomic E-state index is 13.6. The van der Waals surface area contributed by atoms with Crippen molar-refractivity contribution in [1.29, 1.82) is 0 Å². The van der Waals surface area contributed by atoms with Crippen LogP contribution in [0.15, 0.2) is 64.1 Å². The molecule has 4 aromatic rings. The third kappa shape index (κ3) is 2.72. The van der Waals surface area contributed by atoms with Gasteiger partial charge in [-0.1, -0.05) is 23.7 Å². The van der Waals surface area contributed by atoms with Gasteiger partial charge in [-0.05, 0) is 60.9 Å². The Morgan fingerprint density at radius 1 is 1.00 bits per heavy atom. The van der Waals surface area contributed by atoms with Crippen molar-refractivity contribution in [2.24, 2.45) is 0 Å². The fourth-order valence-corrected chi connectivity index (χ4v) is 4.04. The molecule has 2 aromatic heterocycles. The van der Waals surface area contributed by atoms with E-state index in [2.05, 4.69) is 9.97 Å². The van der Waals surface area contributed by atoms with Gasteiger partial charge in [-0.25, -0.2) is 9.97 Å². The van der Waals surface area contributed by atoms with Crippen molar-refractivity contribution in [3.63, 3.8) is 0 Å². The SMILES string of the molecule is Cc1cc2oc3c(c(=O)c2cc1C)C(c1cccc(Cl)c1)N(c1ncccn1)C3=O. The van der Waals surface area contributed by atoms with Crippen LogP contribution in [0.2, 0.25) is 5.02 Å². The van der Waals surface area contributed by atoms with Gasteiger partial charge in [-0.3, -0.25) is 14.5 Å². The van der Waals surface area contributed by atoms with Crippen LogP contribution in [0, 0.1) is 13.8 Å². The Hall–Kier alpha value is -3.51. The minimum absolute atomic E-state index is 0.00758. The lowest BCUT2D eigenvalue weighted by Gasteiger charge is -2.23. The number of carbonyl (C=O) groups excluding carboxylic acids is 1. The van der Waals surface area contributed by atoms with Crippen molar-refractivity contribution in [2.45, 2.75) is 19.9 Å². The molecule has 0 aliphatic carbocycles. The Bertz CT molecular complexity index is 1380. The summed E-state index contributed by atoms with van der Waals surface area (Å²) < 4.78 is 5.99. The summed E-state index contributed by atoms with van der Waals surface area (Å²) in [7, 11) is 0. The summed E-state index contributed by atoms with van der Waals surface area (Å²) >= 11 is 6.22. The Kier molecular flexibility index (Phi) is 4.18. The summed E-state index contributed by atoms with van der Waals surface area (Å²) in [6, 6.07) is 11.6. The Labute approximate surface area is 176 Å². The van der Waals surface area contributed by atoms with Gasteiger partial charge in [0.25, 0.3) is 5.91 Å². The van der Waals surface area contributed by atoms with Gasteiger partial charge in [-0.2, -0.15) is 0 Å². The van der Waals surface area contributed by atoms with Crippen LogP contribution in [0.3, 0.4) is 0 Å². The van der Waals surface area contributed by atoms with Crippen LogP contribution in [-0.4, -0.2) is 15.9 Å². The predicted octanol–water partition coefficient (Wildman–Crippen LogP) is 4.60. The molecule has 2 aromatic carbocycles. The van der Waals surface area contributed by atoms with Crippen molar-refractivity contribution in [1.82, 2.24) is 9.97 Å². The topological polar surface area (TPSA) is 76.3 Å². The van der Waals surface area contributed by atoms with Crippen molar-refractivity contribution in [3.05, 3.63) is 98.1 Å². The smallest absolute Gasteiger partial charge is 0.297 e. The first-order valence-corrected chi connectivity index (χ1v) is 9.77. The highest BCUT2D eigenvalue weighted by atomic mass is 35.5. The summed E-state index contributed by atoms with van der Waals surface area (Å²) in [5.74, 6) is -0.263. The second-order valence-corrected chi connectivity index (χ2v) is 7.72. The van der Waals surface area contributed by atoms with E-state index < -0.39 is 11.9 Å². The highest BCUT2D eigenvalue weighted by Gasteiger charge is 2.45. The van der Waals surface area contributed by atoms with E-state index in [1.807, 2.05) is 19.9 Å². The zero-order chi connectivity index (χ0) is 21.0. The van der Waals surface area contributed by atoms with Gasteiger partial charge in [0, 0.05) is 17.4 Å². The van der Waals surface area contributed by atoms with Crippen LogP contribution in [0.25, 0.3) is 11.0 Å². The second kappa shape index (κ2) is 6.78. The van der Waals surface area contributed by atoms with E-state index in [0.717, 1.165) is 11.1 Å². The van der Waals surface area contributed by atoms with Crippen LogP contribution in [-0.2, 0) is 0 Å². The number of carbonyl (C=O) groups is 1. The van der Waals surface area contributed by atoms with Gasteiger partial charge in [0.15, 0.2) is 5.43 Å². The Balaban J connectivity index is 1.85. The van der Waals surface area contributed by atoms with E-state index in [-0.39, 0.29) is 22.7 Å². The molecular weight excluding hydrogens is 402 g/mol. The molecule has 148 valence electrons. The zero-order valence-electron chi connectivity index (χ0n) is 16.2. The monoisotopic (exact) mass is 417 g/mol. The first-order valence-electron chi connectivity index (χ1n) is 9.39. The molecule has 1 aliphatic rings. The number of aromatic nitrogens is 2. The lowest BCUT2D eigenvalue weighted by atomic mass is 9.97. The van der Waals surface area contributed by atoms with E-state index in [1.165, 1.54) is 4.90 Å². The van der Waals surface area contributed by atoms with Crippen LogP contribution < -0.4 is 10.3 Å². The Morgan fingerprint density at radius 3 is 2.47 bits per heavy atom. The van der Waals surface area contributed by atoms with Crippen LogP contribution >= 0.6 is 11.6 Å². The summed E-state index contributed by atoms with van der Waals surface area (Å²) in [5.41, 5.74) is 3.04. The number of anilines is 1. The number of benzene rings is 2. The maximum absolute atomic E-state index is 13.6. The largest absolute Gasteiger partial charge is 0.450 e. The van der Waals surface area contributed by atoms with E-state index in [9.17, 15) is 9.59 Å². The summed E-state index contributed by atoms with van der Waals surface area (Å²) in [6.07, 6.45) is 3.10. The normalized spacial score (nSPS) is 15.6. The van der Waals surface area contributed by atoms with Gasteiger partial charge in [-0.15, -0.1) is 0 Å². The van der Waals surface area contributed by atoms with Gasteiger partial charge >= 0.3 is 0 Å². The Morgan fingerprint density at radius 2 is 1.73 bits per heavy atom. The molecule has 0 spiro atoms. The third-order valence-electron chi connectivity index (χ3n) is 5.42. The number of aryl methyl sites for hydroxylation is 2. The fourth-order valence-electron chi connectivity index (χ4n) is 3.84. The molecule has 0 fully saturated rings. The molecule has 6 nitrogen and oxygen atoms in total. The molecule has 0 N–H and O–H groups in total. The van der Waals surface area contributed by atoms with E-state index in [4.69, 9.17) is 16.0 Å². The van der Waals surface area contributed by atoms with E-state index in [1.54, 1.807) is 48.8 Å². The minimum atomic E-state index is -0.740. The van der Waals surface area contributed by atoms with Gasteiger partial charge in [0.05, 0.1) is 17.0 Å². The van der Waals surface area contributed by atoms with Gasteiger partial charge in [0.2, 0.25) is 11.7 Å². The molecule has 1 amide bonds. The lowest BCUT2D eigenvalue weighted by molar-refractivity contribution is 0.0969. The van der Waals surface area contributed by atoms with Crippen molar-refractivity contribution >= 4 is 34.4 Å². The number of nitrogens with zero attached hydrogens (tertiary/aromatic N) is 3. The zero-order valence-corrected chi connectivity index (χ0v) is 17.0. The molecule has 0 saturated heterocycles. The summed E-state index contributed by atoms with van der Waals surface area (Å²) in [6.45, 7) is 3.87. The molecule has 0 bridgehead atoms. The average Bonchev–Trinajstić information content (AvgIpc) is 3.03. The average molecular weight is 418 g/mol. The quantitative estimate of drug-likeness (QED) is 0.476. The lowest BCUT2D eigenvalue weighted by Crippen LogP contribution is -2.31. The van der Waals surface area contributed by atoms with Gasteiger partial charge < -0.3 is 4.42 Å². The van der Waals surface area contributed by atoms with Crippen LogP contribution in [0.5, 0.6) is 0 Å². The molecule has 0 saturated carbocycles. The molecule has 1 aliphatic heterocycles. The molecule has 5 rings (SSSR count). The summed E-state index contributed by atoms with van der Waals surface area (Å²) in [5, 5.41) is 0.937. The number of rotatable bonds is 2. The standard InChI is InChI=1S/C23H16ClN3O3/c1-12-9-16-17(10-13(12)2)30-21-18(20(16)28)19(14-5-3-6-15(24)11-14)27(22(21)29)23-25-7-4-8-26-23/h3-11,19H,1-2H3. The molecular formula is C23H16ClN3O3. The molecule has 1 unspecified atom stereocenters. The van der Waals surface area contributed by atoms with E-state index in [0.29, 0.717) is 21.6 Å². The molecule has 30 heavy (non-hydrogen) atoms. The first-order chi connectivity index (χ1) is 14.5. The summed E-state index contributed by atoms with van der Waals surface area (Å²) in [4.78, 5) is 36.8. The first kappa shape index (κ1) is 18.5. The third-order valence-corrected chi connectivity index (χ3v) is 5.65. The van der Waals surface area contributed by atoms with Crippen molar-refractivity contribution < 1.29 is 9.21 Å². The minimum Gasteiger partial charge on any atom is -0.450 e. The number of hydrogen-bond acceptors (Lipinski definition) is 5. The highest BCUT2D eigenvalue weighted by Crippen LogP contribution is 2.40. The number of fused-ring (bicyclic) bond motifs is 2. The van der Waals surface area contributed by atoms with Crippen molar-refractivity contribution in [2.75, 3.05) is 4.90 Å². The van der Waals surface area contributed by atoms with Crippen molar-refractivity contribution in [3.8, 4) is 0 Å². The molecule has 1 atom stereocenters.